The molecule has 5 nitrogen and oxygen atoms in total. The SMILES string of the molecule is CC(C)(C)OC(=O)CC[C@H]1CC[C@@H](C(=O)OC(C)(C)C)N1. The summed E-state index contributed by atoms with van der Waals surface area (Å²) in [5.74, 6) is -0.396. The highest BCUT2D eigenvalue weighted by atomic mass is 16.6. The number of nitrogens with one attached hydrogen (secondary N) is 1. The molecule has 0 spiro atoms. The van der Waals surface area contributed by atoms with Crippen molar-refractivity contribution in [3.8, 4) is 0 Å². The predicted molar refractivity (Wildman–Crippen MR) is 80.9 cm³/mol. The lowest BCUT2D eigenvalue weighted by atomic mass is 10.1. The zero-order valence-corrected chi connectivity index (χ0v) is 14.1. The molecular weight excluding hydrogens is 270 g/mol. The number of ether oxygens (including phenoxy) is 2. The highest BCUT2D eigenvalue weighted by molar-refractivity contribution is 5.76. The molecule has 0 amide bonds. The Morgan fingerprint density at radius 1 is 1.00 bits per heavy atom. The summed E-state index contributed by atoms with van der Waals surface area (Å²) in [5.41, 5.74) is -0.910. The first-order valence-electron chi connectivity index (χ1n) is 7.67. The van der Waals surface area contributed by atoms with Crippen molar-refractivity contribution in [1.29, 1.82) is 0 Å². The van der Waals surface area contributed by atoms with Crippen LogP contribution in [-0.2, 0) is 19.1 Å². The molecule has 122 valence electrons. The molecule has 1 N–H and O–H groups in total. The smallest absolute Gasteiger partial charge is 0.323 e. The maximum Gasteiger partial charge on any atom is 0.323 e. The zero-order chi connectivity index (χ0) is 16.3. The average molecular weight is 299 g/mol. The Balaban J connectivity index is 2.32. The van der Waals surface area contributed by atoms with Crippen molar-refractivity contribution in [2.75, 3.05) is 0 Å². The lowest BCUT2D eigenvalue weighted by Gasteiger charge is -2.22. The van der Waals surface area contributed by atoms with Gasteiger partial charge < -0.3 is 14.8 Å². The summed E-state index contributed by atoms with van der Waals surface area (Å²) in [6, 6.07) is -0.0806. The molecule has 2 atom stereocenters. The maximum atomic E-state index is 12.0. The summed E-state index contributed by atoms with van der Waals surface area (Å²) in [6.07, 6.45) is 2.70. The van der Waals surface area contributed by atoms with Crippen LogP contribution in [0, 0.1) is 0 Å². The molecular formula is C16H29NO4. The van der Waals surface area contributed by atoms with E-state index in [-0.39, 0.29) is 24.0 Å². The van der Waals surface area contributed by atoms with E-state index < -0.39 is 11.2 Å². The van der Waals surface area contributed by atoms with Crippen molar-refractivity contribution < 1.29 is 19.1 Å². The van der Waals surface area contributed by atoms with Gasteiger partial charge in [-0.25, -0.2) is 0 Å². The summed E-state index contributed by atoms with van der Waals surface area (Å²) >= 11 is 0. The third-order valence-corrected chi connectivity index (χ3v) is 3.05. The zero-order valence-electron chi connectivity index (χ0n) is 14.1. The minimum Gasteiger partial charge on any atom is -0.460 e. The number of carbonyl (C=O) groups is 2. The Morgan fingerprint density at radius 2 is 1.57 bits per heavy atom. The van der Waals surface area contributed by atoms with E-state index in [1.54, 1.807) is 0 Å². The van der Waals surface area contributed by atoms with E-state index in [2.05, 4.69) is 5.32 Å². The van der Waals surface area contributed by atoms with Gasteiger partial charge in [0.05, 0.1) is 0 Å². The van der Waals surface area contributed by atoms with E-state index in [0.717, 1.165) is 12.8 Å². The van der Waals surface area contributed by atoms with Gasteiger partial charge in [-0.1, -0.05) is 0 Å². The normalized spacial score (nSPS) is 23.0. The van der Waals surface area contributed by atoms with Crippen LogP contribution in [0.3, 0.4) is 0 Å². The van der Waals surface area contributed by atoms with E-state index >= 15 is 0 Å². The molecule has 1 saturated heterocycles. The van der Waals surface area contributed by atoms with Gasteiger partial charge in [-0.3, -0.25) is 9.59 Å². The molecule has 1 fully saturated rings. The summed E-state index contributed by atoms with van der Waals surface area (Å²) in [5, 5.41) is 3.25. The Bertz CT molecular complexity index is 379. The highest BCUT2D eigenvalue weighted by Gasteiger charge is 2.32. The van der Waals surface area contributed by atoms with Crippen LogP contribution in [0.2, 0.25) is 0 Å². The van der Waals surface area contributed by atoms with Gasteiger partial charge in [-0.05, 0) is 60.8 Å². The standard InChI is InChI=1S/C16H29NO4/c1-15(2,3)20-13(18)10-8-11-7-9-12(17-11)14(19)21-16(4,5)6/h11-12,17H,7-10H2,1-6H3/t11-,12+/m1/s1. The number of carbonyl (C=O) groups excluding carboxylic acids is 2. The fourth-order valence-electron chi connectivity index (χ4n) is 2.29. The van der Waals surface area contributed by atoms with Crippen molar-refractivity contribution >= 4 is 11.9 Å². The van der Waals surface area contributed by atoms with E-state index in [9.17, 15) is 9.59 Å². The molecule has 0 aromatic rings. The van der Waals surface area contributed by atoms with Gasteiger partial charge >= 0.3 is 11.9 Å². The van der Waals surface area contributed by atoms with Gasteiger partial charge in [0.25, 0.3) is 0 Å². The van der Waals surface area contributed by atoms with Crippen LogP contribution in [0.4, 0.5) is 0 Å². The van der Waals surface area contributed by atoms with E-state index in [0.29, 0.717) is 12.8 Å². The second-order valence-corrected chi connectivity index (χ2v) is 7.65. The summed E-state index contributed by atoms with van der Waals surface area (Å²) in [4.78, 5) is 23.6. The van der Waals surface area contributed by atoms with Gasteiger partial charge in [0.1, 0.15) is 17.2 Å². The van der Waals surface area contributed by atoms with Crippen LogP contribution in [0.1, 0.15) is 67.2 Å². The monoisotopic (exact) mass is 299 g/mol. The molecule has 1 aliphatic rings. The van der Waals surface area contributed by atoms with Gasteiger partial charge in [0, 0.05) is 12.5 Å². The average Bonchev–Trinajstić information content (AvgIpc) is 2.70. The van der Waals surface area contributed by atoms with Gasteiger partial charge in [-0.15, -0.1) is 0 Å². The Hall–Kier alpha value is -1.10. The second-order valence-electron chi connectivity index (χ2n) is 7.65. The molecule has 0 aromatic heterocycles. The van der Waals surface area contributed by atoms with Crippen LogP contribution in [0.15, 0.2) is 0 Å². The van der Waals surface area contributed by atoms with Crippen molar-refractivity contribution in [2.24, 2.45) is 0 Å². The molecule has 0 radical (unpaired) electrons. The van der Waals surface area contributed by atoms with Crippen molar-refractivity contribution in [2.45, 2.75) is 90.5 Å². The summed E-state index contributed by atoms with van der Waals surface area (Å²) < 4.78 is 10.6. The number of hydrogen-bond acceptors (Lipinski definition) is 5. The quantitative estimate of drug-likeness (QED) is 0.808. The van der Waals surface area contributed by atoms with Crippen molar-refractivity contribution in [1.82, 2.24) is 5.32 Å². The molecule has 0 aromatic carbocycles. The Kier molecular flexibility index (Phi) is 5.79. The minimum absolute atomic E-state index is 0.176. The summed E-state index contributed by atoms with van der Waals surface area (Å²) in [7, 11) is 0. The first kappa shape index (κ1) is 18.0. The Morgan fingerprint density at radius 3 is 2.10 bits per heavy atom. The first-order chi connectivity index (χ1) is 9.46. The number of rotatable bonds is 4. The van der Waals surface area contributed by atoms with E-state index in [4.69, 9.17) is 9.47 Å². The van der Waals surface area contributed by atoms with Crippen LogP contribution in [0.5, 0.6) is 0 Å². The fraction of sp³-hybridized carbons (Fsp3) is 0.875. The largest absolute Gasteiger partial charge is 0.460 e. The first-order valence-corrected chi connectivity index (χ1v) is 7.67. The molecule has 1 rings (SSSR count). The molecule has 0 unspecified atom stereocenters. The Labute approximate surface area is 127 Å². The number of esters is 2. The van der Waals surface area contributed by atoms with E-state index in [1.807, 2.05) is 41.5 Å². The van der Waals surface area contributed by atoms with Crippen LogP contribution in [0.25, 0.3) is 0 Å². The van der Waals surface area contributed by atoms with Crippen molar-refractivity contribution in [3.63, 3.8) is 0 Å². The maximum absolute atomic E-state index is 12.0. The van der Waals surface area contributed by atoms with E-state index in [1.165, 1.54) is 0 Å². The van der Waals surface area contributed by atoms with Gasteiger partial charge in [0.15, 0.2) is 0 Å². The third kappa shape index (κ3) is 7.46. The second kappa shape index (κ2) is 6.77. The topological polar surface area (TPSA) is 64.6 Å². The van der Waals surface area contributed by atoms with Crippen LogP contribution < -0.4 is 5.32 Å². The number of hydrogen-bond donors (Lipinski definition) is 1. The molecule has 0 saturated carbocycles. The summed E-state index contributed by atoms with van der Waals surface area (Å²) in [6.45, 7) is 11.2. The molecule has 1 heterocycles. The minimum atomic E-state index is -0.465. The molecule has 0 aliphatic carbocycles. The van der Waals surface area contributed by atoms with Crippen molar-refractivity contribution in [3.05, 3.63) is 0 Å². The third-order valence-electron chi connectivity index (χ3n) is 3.05. The lowest BCUT2D eigenvalue weighted by Crippen LogP contribution is -2.40. The van der Waals surface area contributed by atoms with Gasteiger partial charge in [0.2, 0.25) is 0 Å². The predicted octanol–water partition coefficient (Wildman–Crippen LogP) is 2.57. The lowest BCUT2D eigenvalue weighted by molar-refractivity contribution is -0.157. The fourth-order valence-corrected chi connectivity index (χ4v) is 2.29. The molecule has 1 aliphatic heterocycles. The molecule has 21 heavy (non-hydrogen) atoms. The van der Waals surface area contributed by atoms with Crippen LogP contribution >= 0.6 is 0 Å². The molecule has 5 heteroatoms. The highest BCUT2D eigenvalue weighted by Crippen LogP contribution is 2.20. The van der Waals surface area contributed by atoms with Gasteiger partial charge in [-0.2, -0.15) is 0 Å². The molecule has 0 bridgehead atoms. The van der Waals surface area contributed by atoms with Crippen LogP contribution in [-0.4, -0.2) is 35.2 Å².